The lowest BCUT2D eigenvalue weighted by atomic mass is 9.98. The van der Waals surface area contributed by atoms with Crippen molar-refractivity contribution in [2.24, 2.45) is 5.92 Å². The molecule has 0 radical (unpaired) electrons. The molecule has 1 unspecified atom stereocenters. The summed E-state index contributed by atoms with van der Waals surface area (Å²) in [5, 5.41) is 18.9. The number of hydrogen-bond acceptors (Lipinski definition) is 7. The number of nitriles is 1. The van der Waals surface area contributed by atoms with E-state index < -0.39 is 18.4 Å². The van der Waals surface area contributed by atoms with Gasteiger partial charge in [-0.25, -0.2) is 0 Å². The number of piperidine rings is 1. The predicted molar refractivity (Wildman–Crippen MR) is 133 cm³/mol. The number of carbonyl (C=O) groups excluding carboxylic acids is 1. The molecule has 2 aliphatic heterocycles. The van der Waals surface area contributed by atoms with E-state index in [-0.39, 0.29) is 15.4 Å². The van der Waals surface area contributed by atoms with E-state index in [9.17, 15) is 19.6 Å². The standard InChI is InChI=1S/C23H28N4O4S2/c1-4-5-9-26-20(25-8-6-7-14(2)12-25)16(15(3)17(11-24)21(26)30)10-18-22(31)27(13-19(28)29)23(32)33-18/h10,14H,4-9,12-13H2,1-3H3,(H,28,29). The Bertz CT molecular complexity index is 1120. The maximum atomic E-state index is 13.3. The van der Waals surface area contributed by atoms with Crippen LogP contribution in [0.15, 0.2) is 9.70 Å². The third-order valence-electron chi connectivity index (χ3n) is 5.98. The fourth-order valence-corrected chi connectivity index (χ4v) is 5.53. The number of carboxylic acid groups (broad SMARTS) is 1. The van der Waals surface area contributed by atoms with Gasteiger partial charge in [-0.1, -0.05) is 44.2 Å². The van der Waals surface area contributed by atoms with Gasteiger partial charge < -0.3 is 10.0 Å². The van der Waals surface area contributed by atoms with Crippen LogP contribution in [0.1, 0.15) is 56.2 Å². The molecule has 0 spiro atoms. The maximum absolute atomic E-state index is 13.3. The van der Waals surface area contributed by atoms with Crippen molar-refractivity contribution < 1.29 is 14.7 Å². The van der Waals surface area contributed by atoms with E-state index in [1.807, 2.05) is 6.92 Å². The molecule has 8 nitrogen and oxygen atoms in total. The molecule has 0 aromatic carbocycles. The quantitative estimate of drug-likeness (QED) is 0.460. The number of thioether (sulfide) groups is 1. The number of carboxylic acids is 1. The summed E-state index contributed by atoms with van der Waals surface area (Å²) in [4.78, 5) is 40.9. The van der Waals surface area contributed by atoms with Crippen LogP contribution in [-0.4, -0.2) is 50.4 Å². The van der Waals surface area contributed by atoms with Crippen molar-refractivity contribution in [3.8, 4) is 6.07 Å². The molecule has 0 bridgehead atoms. The lowest BCUT2D eigenvalue weighted by Gasteiger charge is -2.36. The third-order valence-corrected chi connectivity index (χ3v) is 7.36. The van der Waals surface area contributed by atoms with E-state index in [0.29, 0.717) is 28.5 Å². The molecule has 1 N–H and O–H groups in total. The highest BCUT2D eigenvalue weighted by atomic mass is 32.2. The van der Waals surface area contributed by atoms with E-state index in [0.717, 1.165) is 61.3 Å². The number of unbranched alkanes of at least 4 members (excludes halogenated alkanes) is 1. The third kappa shape index (κ3) is 5.14. The van der Waals surface area contributed by atoms with Gasteiger partial charge in [-0.15, -0.1) is 0 Å². The fourth-order valence-electron chi connectivity index (χ4n) is 4.29. The van der Waals surface area contributed by atoms with Gasteiger partial charge in [0.2, 0.25) is 0 Å². The van der Waals surface area contributed by atoms with Crippen LogP contribution in [0.5, 0.6) is 0 Å². The minimum absolute atomic E-state index is 0.0622. The Hall–Kier alpha value is -2.64. The van der Waals surface area contributed by atoms with E-state index in [1.54, 1.807) is 17.6 Å². The van der Waals surface area contributed by atoms with Crippen LogP contribution in [0.3, 0.4) is 0 Å². The van der Waals surface area contributed by atoms with Gasteiger partial charge in [0, 0.05) is 25.2 Å². The molecule has 1 amide bonds. The number of carbonyl (C=O) groups is 2. The first kappa shape index (κ1) is 25.0. The fraction of sp³-hybridized carbons (Fsp3) is 0.522. The number of pyridine rings is 1. The summed E-state index contributed by atoms with van der Waals surface area (Å²) in [6.45, 7) is 7.47. The number of amides is 1. The number of rotatable bonds is 7. The lowest BCUT2D eigenvalue weighted by molar-refractivity contribution is -0.140. The second-order valence-electron chi connectivity index (χ2n) is 8.51. The molecule has 1 aromatic rings. The second kappa shape index (κ2) is 10.5. The van der Waals surface area contributed by atoms with E-state index >= 15 is 0 Å². The average molecular weight is 489 g/mol. The summed E-state index contributed by atoms with van der Waals surface area (Å²) in [5.41, 5.74) is 0.915. The van der Waals surface area contributed by atoms with Crippen molar-refractivity contribution in [1.82, 2.24) is 9.47 Å². The molecule has 10 heteroatoms. The van der Waals surface area contributed by atoms with Crippen molar-refractivity contribution in [3.63, 3.8) is 0 Å². The second-order valence-corrected chi connectivity index (χ2v) is 10.2. The van der Waals surface area contributed by atoms with Crippen LogP contribution in [0.25, 0.3) is 6.08 Å². The number of aromatic nitrogens is 1. The normalized spacial score (nSPS) is 19.9. The molecule has 1 aromatic heterocycles. The van der Waals surface area contributed by atoms with Gasteiger partial charge in [-0.05, 0) is 43.7 Å². The van der Waals surface area contributed by atoms with Gasteiger partial charge in [-0.3, -0.25) is 23.9 Å². The molecule has 2 fully saturated rings. The molecule has 33 heavy (non-hydrogen) atoms. The highest BCUT2D eigenvalue weighted by Gasteiger charge is 2.34. The summed E-state index contributed by atoms with van der Waals surface area (Å²) >= 11 is 6.28. The van der Waals surface area contributed by atoms with Gasteiger partial charge in [0.25, 0.3) is 11.5 Å². The first-order valence-electron chi connectivity index (χ1n) is 11.1. The number of nitrogens with zero attached hydrogens (tertiary/aromatic N) is 4. The van der Waals surface area contributed by atoms with Crippen molar-refractivity contribution >= 4 is 52.1 Å². The molecule has 3 heterocycles. The van der Waals surface area contributed by atoms with Gasteiger partial charge in [0.15, 0.2) is 0 Å². The molecule has 0 aliphatic carbocycles. The van der Waals surface area contributed by atoms with Crippen molar-refractivity contribution in [3.05, 3.63) is 31.9 Å². The maximum Gasteiger partial charge on any atom is 0.323 e. The van der Waals surface area contributed by atoms with E-state index in [4.69, 9.17) is 17.3 Å². The summed E-state index contributed by atoms with van der Waals surface area (Å²) in [6.07, 6.45) is 5.44. The van der Waals surface area contributed by atoms with Crippen LogP contribution < -0.4 is 10.5 Å². The SMILES string of the molecule is CCCCn1c(N2CCCC(C)C2)c(C=C2SC(=S)N(CC(=O)O)C2=O)c(C)c(C#N)c1=O. The van der Waals surface area contributed by atoms with E-state index in [2.05, 4.69) is 17.9 Å². The minimum atomic E-state index is -1.15. The largest absolute Gasteiger partial charge is 0.480 e. The highest BCUT2D eigenvalue weighted by Crippen LogP contribution is 2.36. The van der Waals surface area contributed by atoms with Crippen LogP contribution >= 0.6 is 24.0 Å². The molecule has 2 aliphatic rings. The Morgan fingerprint density at radius 1 is 1.39 bits per heavy atom. The Morgan fingerprint density at radius 3 is 2.73 bits per heavy atom. The zero-order valence-electron chi connectivity index (χ0n) is 19.1. The van der Waals surface area contributed by atoms with Crippen LogP contribution in [0, 0.1) is 24.2 Å². The monoisotopic (exact) mass is 488 g/mol. The van der Waals surface area contributed by atoms with Gasteiger partial charge in [0.1, 0.15) is 28.3 Å². The van der Waals surface area contributed by atoms with E-state index in [1.165, 1.54) is 0 Å². The first-order valence-corrected chi connectivity index (χ1v) is 12.3. The first-order chi connectivity index (χ1) is 15.7. The predicted octanol–water partition coefficient (Wildman–Crippen LogP) is 3.35. The van der Waals surface area contributed by atoms with Crippen LogP contribution in [0.4, 0.5) is 5.82 Å². The Morgan fingerprint density at radius 2 is 2.12 bits per heavy atom. The van der Waals surface area contributed by atoms with Gasteiger partial charge >= 0.3 is 5.97 Å². The van der Waals surface area contributed by atoms with Gasteiger partial charge in [0.05, 0.1) is 4.91 Å². The Labute approximate surface area is 202 Å². The zero-order chi connectivity index (χ0) is 24.3. The number of anilines is 1. The molecular weight excluding hydrogens is 460 g/mol. The molecule has 1 atom stereocenters. The Balaban J connectivity index is 2.23. The zero-order valence-corrected chi connectivity index (χ0v) is 20.7. The van der Waals surface area contributed by atoms with Crippen LogP contribution in [0.2, 0.25) is 0 Å². The van der Waals surface area contributed by atoms with Gasteiger partial charge in [-0.2, -0.15) is 5.26 Å². The van der Waals surface area contributed by atoms with Crippen molar-refractivity contribution in [2.45, 2.75) is 53.0 Å². The molecule has 0 saturated carbocycles. The topological polar surface area (TPSA) is 107 Å². The smallest absolute Gasteiger partial charge is 0.323 e. The molecule has 3 rings (SSSR count). The summed E-state index contributed by atoms with van der Waals surface area (Å²) in [5.74, 6) is -0.452. The summed E-state index contributed by atoms with van der Waals surface area (Å²) < 4.78 is 1.86. The molecular formula is C23H28N4O4S2. The number of aliphatic carboxylic acids is 1. The number of thiocarbonyl (C=S) groups is 1. The summed E-state index contributed by atoms with van der Waals surface area (Å²) in [6, 6.07) is 2.05. The van der Waals surface area contributed by atoms with Crippen LogP contribution in [-0.2, 0) is 16.1 Å². The Kier molecular flexibility index (Phi) is 7.97. The van der Waals surface area contributed by atoms with Crippen molar-refractivity contribution in [2.75, 3.05) is 24.5 Å². The average Bonchev–Trinajstić information content (AvgIpc) is 3.02. The summed E-state index contributed by atoms with van der Waals surface area (Å²) in [7, 11) is 0. The number of hydrogen-bond donors (Lipinski definition) is 1. The van der Waals surface area contributed by atoms with Crippen molar-refractivity contribution in [1.29, 1.82) is 5.26 Å². The highest BCUT2D eigenvalue weighted by molar-refractivity contribution is 8.26. The lowest BCUT2D eigenvalue weighted by Crippen LogP contribution is -2.40. The minimum Gasteiger partial charge on any atom is -0.480 e. The molecule has 2 saturated heterocycles. The molecule has 176 valence electrons.